The highest BCUT2D eigenvalue weighted by atomic mass is 32.2. The van der Waals surface area contributed by atoms with Gasteiger partial charge in [0.15, 0.2) is 5.03 Å². The van der Waals surface area contributed by atoms with Gasteiger partial charge >= 0.3 is 0 Å². The van der Waals surface area contributed by atoms with E-state index in [9.17, 15) is 12.8 Å². The maximum atomic E-state index is 13.3. The Kier molecular flexibility index (Phi) is 3.73. The zero-order valence-electron chi connectivity index (χ0n) is 13.5. The average Bonchev–Trinajstić information content (AvgIpc) is 3.18. The molecular weight excluding hydrogens is 329 g/mol. The van der Waals surface area contributed by atoms with Crippen LogP contribution in [0, 0.1) is 5.82 Å². The number of sulfonamides is 1. The predicted octanol–water partition coefficient (Wildman–Crippen LogP) is 2.06. The van der Waals surface area contributed by atoms with Crippen molar-refractivity contribution in [3.63, 3.8) is 0 Å². The smallest absolute Gasteiger partial charge is 0.256 e. The Morgan fingerprint density at radius 1 is 1.33 bits per heavy atom. The zero-order chi connectivity index (χ0) is 16.9. The van der Waals surface area contributed by atoms with Crippen LogP contribution in [-0.2, 0) is 36.3 Å². The quantitative estimate of drug-likeness (QED) is 0.919. The van der Waals surface area contributed by atoms with Gasteiger partial charge in [-0.1, -0.05) is 6.07 Å². The van der Waals surface area contributed by atoms with Crippen LogP contribution in [-0.4, -0.2) is 24.7 Å². The van der Waals surface area contributed by atoms with Crippen LogP contribution in [0.15, 0.2) is 23.2 Å². The van der Waals surface area contributed by atoms with Crippen molar-refractivity contribution in [3.05, 3.63) is 46.4 Å². The van der Waals surface area contributed by atoms with Crippen LogP contribution in [0.1, 0.15) is 41.1 Å². The summed E-state index contributed by atoms with van der Waals surface area (Å²) in [7, 11) is -1.91. The Balaban J connectivity index is 1.55. The summed E-state index contributed by atoms with van der Waals surface area (Å²) in [4.78, 5) is 0. The molecule has 1 atom stereocenters. The molecule has 0 saturated heterocycles. The van der Waals surface area contributed by atoms with Gasteiger partial charge in [0.1, 0.15) is 5.82 Å². The van der Waals surface area contributed by atoms with Crippen molar-refractivity contribution < 1.29 is 12.8 Å². The molecular formula is C17H20FN3O2S. The van der Waals surface area contributed by atoms with Crippen LogP contribution >= 0.6 is 0 Å². The molecule has 2 aromatic rings. The fourth-order valence-corrected chi connectivity index (χ4v) is 5.48. The third kappa shape index (κ3) is 2.56. The number of aromatic nitrogens is 2. The van der Waals surface area contributed by atoms with E-state index in [-0.39, 0.29) is 11.7 Å². The standard InChI is InChI=1S/C17H20FN3O2S/c1-21-17(15-3-2-4-16(15)20-21)24(22,23)19-10-12-6-5-11-9-13(18)7-8-14(11)12/h7-9,12,19H,2-6,10H2,1H3. The lowest BCUT2D eigenvalue weighted by Gasteiger charge is -2.14. The van der Waals surface area contributed by atoms with E-state index in [1.165, 1.54) is 10.7 Å². The molecule has 0 fully saturated rings. The summed E-state index contributed by atoms with van der Waals surface area (Å²) in [5, 5.41) is 4.64. The number of hydrogen-bond donors (Lipinski definition) is 1. The van der Waals surface area contributed by atoms with E-state index >= 15 is 0 Å². The molecule has 7 heteroatoms. The first-order valence-corrected chi connectivity index (χ1v) is 9.77. The number of nitrogens with one attached hydrogen (secondary N) is 1. The van der Waals surface area contributed by atoms with Crippen molar-refractivity contribution in [1.82, 2.24) is 14.5 Å². The Morgan fingerprint density at radius 2 is 2.17 bits per heavy atom. The van der Waals surface area contributed by atoms with Crippen molar-refractivity contribution in [2.45, 2.75) is 43.0 Å². The van der Waals surface area contributed by atoms with Gasteiger partial charge in [-0.05, 0) is 61.3 Å². The van der Waals surface area contributed by atoms with Gasteiger partial charge < -0.3 is 0 Å². The molecule has 1 aromatic heterocycles. The van der Waals surface area contributed by atoms with Gasteiger partial charge in [0.2, 0.25) is 0 Å². The molecule has 0 bridgehead atoms. The number of fused-ring (bicyclic) bond motifs is 2. The third-order valence-corrected chi connectivity index (χ3v) is 6.66. The van der Waals surface area contributed by atoms with Gasteiger partial charge in [-0.15, -0.1) is 0 Å². The molecule has 4 rings (SSSR count). The fraction of sp³-hybridized carbons (Fsp3) is 0.471. The molecule has 0 aliphatic heterocycles. The normalized spacial score (nSPS) is 19.5. The molecule has 1 unspecified atom stereocenters. The van der Waals surface area contributed by atoms with E-state index in [0.29, 0.717) is 11.6 Å². The molecule has 1 N–H and O–H groups in total. The summed E-state index contributed by atoms with van der Waals surface area (Å²) in [6.07, 6.45) is 4.21. The minimum absolute atomic E-state index is 0.0941. The number of hydrogen-bond acceptors (Lipinski definition) is 3. The number of halogens is 1. The summed E-state index contributed by atoms with van der Waals surface area (Å²) in [5.74, 6) is -0.142. The topological polar surface area (TPSA) is 64.0 Å². The highest BCUT2D eigenvalue weighted by Gasteiger charge is 2.31. The van der Waals surface area contributed by atoms with Gasteiger partial charge in [-0.2, -0.15) is 5.10 Å². The van der Waals surface area contributed by atoms with E-state index < -0.39 is 10.0 Å². The third-order valence-electron chi connectivity index (χ3n) is 5.09. The largest absolute Gasteiger partial charge is 0.258 e. The van der Waals surface area contributed by atoms with Crippen molar-refractivity contribution in [3.8, 4) is 0 Å². The summed E-state index contributed by atoms with van der Waals surface area (Å²) < 4.78 is 43.1. The second kappa shape index (κ2) is 5.67. The first-order valence-electron chi connectivity index (χ1n) is 8.28. The second-order valence-electron chi connectivity index (χ2n) is 6.64. The van der Waals surface area contributed by atoms with Crippen molar-refractivity contribution >= 4 is 10.0 Å². The van der Waals surface area contributed by atoms with Crippen LogP contribution in [0.25, 0.3) is 0 Å². The van der Waals surface area contributed by atoms with Crippen LogP contribution in [0.5, 0.6) is 0 Å². The minimum atomic E-state index is -3.59. The lowest BCUT2D eigenvalue weighted by atomic mass is 10.0. The highest BCUT2D eigenvalue weighted by Crippen LogP contribution is 2.33. The number of nitrogens with zero attached hydrogens (tertiary/aromatic N) is 2. The first kappa shape index (κ1) is 15.8. The molecule has 5 nitrogen and oxygen atoms in total. The van der Waals surface area contributed by atoms with Crippen LogP contribution < -0.4 is 4.72 Å². The number of aryl methyl sites for hydroxylation is 3. The lowest BCUT2D eigenvalue weighted by Crippen LogP contribution is -2.30. The number of rotatable bonds is 4. The molecule has 0 spiro atoms. The number of benzene rings is 1. The molecule has 128 valence electrons. The van der Waals surface area contributed by atoms with Gasteiger partial charge in [-0.25, -0.2) is 17.5 Å². The van der Waals surface area contributed by atoms with Crippen LogP contribution in [0.2, 0.25) is 0 Å². The Morgan fingerprint density at radius 3 is 3.00 bits per heavy atom. The summed E-state index contributed by atoms with van der Waals surface area (Å²) in [6.45, 7) is 0.334. The molecule has 0 radical (unpaired) electrons. The lowest BCUT2D eigenvalue weighted by molar-refractivity contribution is 0.548. The van der Waals surface area contributed by atoms with E-state index in [2.05, 4.69) is 9.82 Å². The molecule has 2 aliphatic rings. The van der Waals surface area contributed by atoms with Gasteiger partial charge in [0.05, 0.1) is 5.69 Å². The maximum Gasteiger partial charge on any atom is 0.258 e. The van der Waals surface area contributed by atoms with Crippen molar-refractivity contribution in [1.29, 1.82) is 0 Å². The molecule has 1 heterocycles. The van der Waals surface area contributed by atoms with E-state index in [1.54, 1.807) is 19.2 Å². The van der Waals surface area contributed by atoms with E-state index in [4.69, 9.17) is 0 Å². The fourth-order valence-electron chi connectivity index (χ4n) is 3.99. The van der Waals surface area contributed by atoms with Crippen LogP contribution in [0.3, 0.4) is 0 Å². The Bertz CT molecular complexity index is 905. The SMILES string of the molecule is Cn1nc2c(c1S(=O)(=O)NCC1CCc3cc(F)ccc31)CCC2. The van der Waals surface area contributed by atoms with Crippen LogP contribution in [0.4, 0.5) is 4.39 Å². The minimum Gasteiger partial charge on any atom is -0.256 e. The second-order valence-corrected chi connectivity index (χ2v) is 8.32. The molecule has 2 aliphatic carbocycles. The zero-order valence-corrected chi connectivity index (χ0v) is 14.4. The van der Waals surface area contributed by atoms with Crippen molar-refractivity contribution in [2.75, 3.05) is 6.54 Å². The molecule has 1 aromatic carbocycles. The maximum absolute atomic E-state index is 13.3. The Hall–Kier alpha value is -1.73. The summed E-state index contributed by atoms with van der Waals surface area (Å²) in [6, 6.07) is 4.77. The Labute approximate surface area is 140 Å². The average molecular weight is 349 g/mol. The predicted molar refractivity (Wildman–Crippen MR) is 87.9 cm³/mol. The highest BCUT2D eigenvalue weighted by molar-refractivity contribution is 7.89. The molecule has 24 heavy (non-hydrogen) atoms. The van der Waals surface area contributed by atoms with Gasteiger partial charge in [-0.3, -0.25) is 4.68 Å². The van der Waals surface area contributed by atoms with Crippen molar-refractivity contribution in [2.24, 2.45) is 7.05 Å². The monoisotopic (exact) mass is 349 g/mol. The van der Waals surface area contributed by atoms with E-state index in [1.807, 2.05) is 0 Å². The van der Waals surface area contributed by atoms with Gasteiger partial charge in [0.25, 0.3) is 10.0 Å². The summed E-state index contributed by atoms with van der Waals surface area (Å²) >= 11 is 0. The molecule has 0 saturated carbocycles. The van der Waals surface area contributed by atoms with Gasteiger partial charge in [0, 0.05) is 19.2 Å². The first-order chi connectivity index (χ1) is 11.5. The molecule has 0 amide bonds. The summed E-state index contributed by atoms with van der Waals surface area (Å²) in [5.41, 5.74) is 3.80. The van der Waals surface area contributed by atoms with E-state index in [0.717, 1.165) is 54.5 Å².